The van der Waals surface area contributed by atoms with Gasteiger partial charge in [-0.2, -0.15) is 0 Å². The van der Waals surface area contributed by atoms with Crippen LogP contribution < -0.4 is 0 Å². The van der Waals surface area contributed by atoms with E-state index in [1.165, 1.54) is 10.8 Å². The van der Waals surface area contributed by atoms with E-state index in [9.17, 15) is 0 Å². The maximum atomic E-state index is 5.28. The lowest BCUT2D eigenvalue weighted by Crippen LogP contribution is -2.04. The third kappa shape index (κ3) is 4.08. The summed E-state index contributed by atoms with van der Waals surface area (Å²) in [4.78, 5) is 15.4. The van der Waals surface area contributed by atoms with Gasteiger partial charge in [0, 0.05) is 45.2 Å². The molecule has 0 aliphatic rings. The number of aromatic nitrogens is 5. The third-order valence-corrected chi connectivity index (χ3v) is 9.42. The van der Waals surface area contributed by atoms with Crippen LogP contribution in [0.4, 0.5) is 0 Å². The topological polar surface area (TPSA) is 48.5 Å². The molecule has 10 rings (SSSR count). The van der Waals surface area contributed by atoms with Crippen LogP contribution >= 0.6 is 0 Å². The number of fused-ring (bicyclic) bond motifs is 6. The van der Waals surface area contributed by atoms with Crippen molar-refractivity contribution in [1.82, 2.24) is 24.1 Å². The molecule has 48 heavy (non-hydrogen) atoms. The molecule has 0 aliphatic heterocycles. The second kappa shape index (κ2) is 10.5. The molecule has 4 heterocycles. The number of pyridine rings is 1. The number of para-hydroxylation sites is 3. The molecular formula is C43H27N5. The lowest BCUT2D eigenvalue weighted by molar-refractivity contribution is 1.01. The first-order chi connectivity index (χ1) is 23.8. The predicted octanol–water partition coefficient (Wildman–Crippen LogP) is 10.6. The minimum Gasteiger partial charge on any atom is -0.317 e. The van der Waals surface area contributed by atoms with Gasteiger partial charge in [-0.3, -0.25) is 9.55 Å². The van der Waals surface area contributed by atoms with E-state index in [1.807, 2.05) is 24.4 Å². The summed E-state index contributed by atoms with van der Waals surface area (Å²) in [7, 11) is 0. The fraction of sp³-hybridized carbons (Fsp3) is 0. The Morgan fingerprint density at radius 2 is 1.25 bits per heavy atom. The summed E-state index contributed by atoms with van der Waals surface area (Å²) in [5, 5.41) is 6.86. The van der Waals surface area contributed by atoms with E-state index in [0.717, 1.165) is 71.8 Å². The van der Waals surface area contributed by atoms with Crippen LogP contribution in [0.5, 0.6) is 0 Å². The normalized spacial score (nSPS) is 11.8. The molecule has 0 bridgehead atoms. The van der Waals surface area contributed by atoms with Gasteiger partial charge >= 0.3 is 0 Å². The van der Waals surface area contributed by atoms with Gasteiger partial charge in [0.1, 0.15) is 5.69 Å². The summed E-state index contributed by atoms with van der Waals surface area (Å²) in [6.45, 7) is 0. The molecule has 6 aromatic carbocycles. The smallest absolute Gasteiger partial charge is 0.235 e. The standard InChI is InChI=1S/C43H27N5/c1-2-13-31(14-3-1)47-24-23-29-25-41-36(26-40(29)47)34-16-7-9-20-39(34)48(41)43-45-37-19-8-6-17-35(37)42(46-43)38-22-21-30(27-44-38)33-18-10-12-28-11-4-5-15-32(28)33/h1-27H. The average molecular weight is 614 g/mol. The first kappa shape index (κ1) is 26.6. The maximum Gasteiger partial charge on any atom is 0.235 e. The van der Waals surface area contributed by atoms with Crippen molar-refractivity contribution in [2.45, 2.75) is 0 Å². The quantitative estimate of drug-likeness (QED) is 0.198. The molecule has 224 valence electrons. The summed E-state index contributed by atoms with van der Waals surface area (Å²) >= 11 is 0. The van der Waals surface area contributed by atoms with Gasteiger partial charge in [0.25, 0.3) is 0 Å². The molecule has 5 nitrogen and oxygen atoms in total. The Kier molecular flexibility index (Phi) is 5.81. The molecule has 0 saturated carbocycles. The van der Waals surface area contributed by atoms with Gasteiger partial charge in [-0.15, -0.1) is 0 Å². The lowest BCUT2D eigenvalue weighted by atomic mass is 9.99. The van der Waals surface area contributed by atoms with Crippen molar-refractivity contribution in [2.24, 2.45) is 0 Å². The van der Waals surface area contributed by atoms with E-state index < -0.39 is 0 Å². The molecule has 0 amide bonds. The number of hydrogen-bond acceptors (Lipinski definition) is 3. The van der Waals surface area contributed by atoms with Crippen molar-refractivity contribution >= 4 is 54.4 Å². The lowest BCUT2D eigenvalue weighted by Gasteiger charge is -2.12. The number of benzene rings is 6. The summed E-state index contributed by atoms with van der Waals surface area (Å²) in [5.41, 5.74) is 9.15. The van der Waals surface area contributed by atoms with Crippen LogP contribution in [0.2, 0.25) is 0 Å². The highest BCUT2D eigenvalue weighted by Crippen LogP contribution is 2.37. The molecule has 0 radical (unpaired) electrons. The van der Waals surface area contributed by atoms with E-state index in [4.69, 9.17) is 15.0 Å². The van der Waals surface area contributed by atoms with Crippen molar-refractivity contribution < 1.29 is 0 Å². The minimum atomic E-state index is 0.622. The van der Waals surface area contributed by atoms with Gasteiger partial charge in [0.2, 0.25) is 5.95 Å². The highest BCUT2D eigenvalue weighted by Gasteiger charge is 2.19. The molecular weight excluding hydrogens is 587 g/mol. The van der Waals surface area contributed by atoms with E-state index in [1.54, 1.807) is 0 Å². The first-order valence-corrected chi connectivity index (χ1v) is 16.1. The van der Waals surface area contributed by atoms with Crippen molar-refractivity contribution in [3.63, 3.8) is 0 Å². The van der Waals surface area contributed by atoms with Crippen molar-refractivity contribution in [2.75, 3.05) is 0 Å². The van der Waals surface area contributed by atoms with Crippen molar-refractivity contribution in [1.29, 1.82) is 0 Å². The van der Waals surface area contributed by atoms with Gasteiger partial charge < -0.3 is 4.57 Å². The molecule has 0 spiro atoms. The predicted molar refractivity (Wildman–Crippen MR) is 197 cm³/mol. The zero-order valence-electron chi connectivity index (χ0n) is 25.8. The second-order valence-corrected chi connectivity index (χ2v) is 12.2. The molecule has 0 fully saturated rings. The monoisotopic (exact) mass is 613 g/mol. The van der Waals surface area contributed by atoms with Gasteiger partial charge in [0.05, 0.1) is 27.8 Å². The van der Waals surface area contributed by atoms with Crippen LogP contribution in [0.1, 0.15) is 0 Å². The Balaban J connectivity index is 1.18. The zero-order chi connectivity index (χ0) is 31.6. The minimum absolute atomic E-state index is 0.622. The Morgan fingerprint density at radius 3 is 2.12 bits per heavy atom. The molecule has 0 N–H and O–H groups in total. The first-order valence-electron chi connectivity index (χ1n) is 16.1. The van der Waals surface area contributed by atoms with E-state index in [-0.39, 0.29) is 0 Å². The van der Waals surface area contributed by atoms with Gasteiger partial charge in [-0.05, 0) is 64.9 Å². The highest BCUT2D eigenvalue weighted by molar-refractivity contribution is 6.13. The van der Waals surface area contributed by atoms with Gasteiger partial charge in [-0.1, -0.05) is 103 Å². The van der Waals surface area contributed by atoms with Crippen LogP contribution in [0.25, 0.3) is 88.5 Å². The fourth-order valence-corrected chi connectivity index (χ4v) is 7.16. The second-order valence-electron chi connectivity index (χ2n) is 12.2. The largest absolute Gasteiger partial charge is 0.317 e. The van der Waals surface area contributed by atoms with E-state index >= 15 is 0 Å². The van der Waals surface area contributed by atoms with Gasteiger partial charge in [-0.25, -0.2) is 9.97 Å². The Labute approximate surface area is 276 Å². The average Bonchev–Trinajstić information content (AvgIpc) is 3.72. The molecule has 4 aromatic heterocycles. The molecule has 0 unspecified atom stereocenters. The van der Waals surface area contributed by atoms with E-state index in [0.29, 0.717) is 5.95 Å². The molecule has 5 heteroatoms. The molecule has 10 aromatic rings. The van der Waals surface area contributed by atoms with Crippen LogP contribution in [0.3, 0.4) is 0 Å². The van der Waals surface area contributed by atoms with Crippen LogP contribution in [-0.4, -0.2) is 24.1 Å². The Hall–Kier alpha value is -6.59. The van der Waals surface area contributed by atoms with Crippen LogP contribution in [0, 0.1) is 0 Å². The van der Waals surface area contributed by atoms with E-state index in [2.05, 4.69) is 149 Å². The Morgan fingerprint density at radius 1 is 0.479 bits per heavy atom. The van der Waals surface area contributed by atoms with Crippen LogP contribution in [-0.2, 0) is 0 Å². The maximum absolute atomic E-state index is 5.28. The molecule has 0 atom stereocenters. The summed E-state index contributed by atoms with van der Waals surface area (Å²) < 4.78 is 4.45. The fourth-order valence-electron chi connectivity index (χ4n) is 7.16. The number of rotatable bonds is 4. The summed E-state index contributed by atoms with van der Waals surface area (Å²) in [6, 6.07) is 53.0. The molecule has 0 saturated heterocycles. The highest BCUT2D eigenvalue weighted by atomic mass is 15.2. The number of hydrogen-bond donors (Lipinski definition) is 0. The summed E-state index contributed by atoms with van der Waals surface area (Å²) in [6.07, 6.45) is 4.10. The third-order valence-electron chi connectivity index (χ3n) is 9.42. The molecule has 0 aliphatic carbocycles. The zero-order valence-corrected chi connectivity index (χ0v) is 25.8. The SMILES string of the molecule is c1ccc(-n2ccc3cc4c(cc32)c2ccccc2n4-c2nc(-c3ccc(-c4cccc5ccccc45)cn3)c3ccccc3n2)cc1. The Bertz CT molecular complexity index is 2820. The van der Waals surface area contributed by atoms with Crippen LogP contribution in [0.15, 0.2) is 164 Å². The van der Waals surface area contributed by atoms with Crippen molar-refractivity contribution in [3.8, 4) is 34.2 Å². The van der Waals surface area contributed by atoms with Crippen molar-refractivity contribution in [3.05, 3.63) is 164 Å². The summed E-state index contributed by atoms with van der Waals surface area (Å²) in [5.74, 6) is 0.622. The number of nitrogens with zero attached hydrogens (tertiary/aromatic N) is 5. The van der Waals surface area contributed by atoms with Gasteiger partial charge in [0.15, 0.2) is 0 Å².